The van der Waals surface area contributed by atoms with Gasteiger partial charge in [0.05, 0.1) is 19.4 Å². The van der Waals surface area contributed by atoms with Gasteiger partial charge in [0.2, 0.25) is 0 Å². The van der Waals surface area contributed by atoms with Crippen LogP contribution >= 0.6 is 12.2 Å². The number of carbonyl (C=O) groups excluding carboxylic acids is 2. The van der Waals surface area contributed by atoms with Crippen LogP contribution < -0.4 is 19.7 Å². The molecule has 2 aromatic rings. The van der Waals surface area contributed by atoms with E-state index in [1.54, 1.807) is 42.5 Å². The van der Waals surface area contributed by atoms with Crippen molar-refractivity contribution in [2.24, 2.45) is 0 Å². The van der Waals surface area contributed by atoms with Crippen molar-refractivity contribution in [2.45, 2.75) is 13.3 Å². The summed E-state index contributed by atoms with van der Waals surface area (Å²) in [6.07, 6.45) is 3.46. The maximum atomic E-state index is 13.2. The molecule has 1 fully saturated rings. The van der Waals surface area contributed by atoms with Gasteiger partial charge < -0.3 is 14.6 Å². The number of methoxy groups -OCH3 is 1. The molecular formula is C23H22N2O5S. The number of phenols is 1. The summed E-state index contributed by atoms with van der Waals surface area (Å²) in [5.74, 6) is -0.384. The molecule has 31 heavy (non-hydrogen) atoms. The van der Waals surface area contributed by atoms with E-state index >= 15 is 0 Å². The molecule has 1 heterocycles. The Morgan fingerprint density at radius 3 is 2.71 bits per heavy atom. The number of rotatable bonds is 7. The van der Waals surface area contributed by atoms with Crippen molar-refractivity contribution in [2.75, 3.05) is 18.6 Å². The van der Waals surface area contributed by atoms with E-state index in [9.17, 15) is 14.7 Å². The third-order valence-corrected chi connectivity index (χ3v) is 4.84. The lowest BCUT2D eigenvalue weighted by molar-refractivity contribution is -0.122. The zero-order valence-corrected chi connectivity index (χ0v) is 18.0. The van der Waals surface area contributed by atoms with Gasteiger partial charge in [0.25, 0.3) is 11.8 Å². The third-order valence-electron chi connectivity index (χ3n) is 4.56. The summed E-state index contributed by atoms with van der Waals surface area (Å²) in [5.41, 5.74) is 1.44. The van der Waals surface area contributed by atoms with Gasteiger partial charge in [-0.2, -0.15) is 0 Å². The molecule has 160 valence electrons. The smallest absolute Gasteiger partial charge is 0.270 e. The molecule has 0 radical (unpaired) electrons. The molecule has 0 aromatic heterocycles. The van der Waals surface area contributed by atoms with Gasteiger partial charge in [-0.1, -0.05) is 12.1 Å². The van der Waals surface area contributed by atoms with Crippen LogP contribution in [0.4, 0.5) is 5.69 Å². The summed E-state index contributed by atoms with van der Waals surface area (Å²) in [5, 5.41) is 12.8. The zero-order chi connectivity index (χ0) is 22.5. The van der Waals surface area contributed by atoms with Crippen LogP contribution in [0.25, 0.3) is 6.08 Å². The van der Waals surface area contributed by atoms with Gasteiger partial charge in [0.1, 0.15) is 11.3 Å². The van der Waals surface area contributed by atoms with Crippen LogP contribution in [0, 0.1) is 0 Å². The van der Waals surface area contributed by atoms with Gasteiger partial charge in [0, 0.05) is 11.6 Å². The van der Waals surface area contributed by atoms with Gasteiger partial charge in [-0.05, 0) is 61.5 Å². The monoisotopic (exact) mass is 438 g/mol. The Kier molecular flexibility index (Phi) is 6.71. The zero-order valence-electron chi connectivity index (χ0n) is 17.2. The number of phenolic OH excluding ortho intramolecular Hbond substituents is 1. The number of benzene rings is 2. The van der Waals surface area contributed by atoms with Crippen molar-refractivity contribution >= 4 is 40.9 Å². The molecule has 1 aliphatic heterocycles. The number of thiocarbonyl (C=S) groups is 1. The van der Waals surface area contributed by atoms with Gasteiger partial charge in [-0.15, -0.1) is 6.58 Å². The molecular weight excluding hydrogens is 416 g/mol. The van der Waals surface area contributed by atoms with Crippen LogP contribution in [-0.2, 0) is 16.0 Å². The average Bonchev–Trinajstić information content (AvgIpc) is 2.73. The largest absolute Gasteiger partial charge is 0.504 e. The van der Waals surface area contributed by atoms with Crippen LogP contribution in [0.2, 0.25) is 0 Å². The molecule has 2 amide bonds. The lowest BCUT2D eigenvalue weighted by Gasteiger charge is -2.29. The first kappa shape index (κ1) is 22.0. The first-order chi connectivity index (χ1) is 14.9. The molecule has 1 aliphatic rings. The molecule has 1 saturated heterocycles. The topological polar surface area (TPSA) is 88.1 Å². The third kappa shape index (κ3) is 4.59. The molecule has 0 aliphatic carbocycles. The van der Waals surface area contributed by atoms with Crippen LogP contribution in [0.15, 0.2) is 54.6 Å². The highest BCUT2D eigenvalue weighted by molar-refractivity contribution is 7.80. The van der Waals surface area contributed by atoms with Gasteiger partial charge in [0.15, 0.2) is 16.6 Å². The molecule has 0 spiro atoms. The molecule has 0 unspecified atom stereocenters. The first-order valence-electron chi connectivity index (χ1n) is 9.54. The van der Waals surface area contributed by atoms with Crippen LogP contribution in [0.3, 0.4) is 0 Å². The van der Waals surface area contributed by atoms with Crippen molar-refractivity contribution < 1.29 is 24.2 Å². The standard InChI is InChI=1S/C23H22N2O5S/c1-4-7-15-10-14(12-19(29-3)20(15)26)11-18-21(27)24-23(31)25(22(18)28)16-8-6-9-17(13-16)30-5-2/h4,6,8-13,26H,1,5,7H2,2-3H3,(H,24,27,31)/b18-11-. The fourth-order valence-corrected chi connectivity index (χ4v) is 3.46. The molecule has 7 nitrogen and oxygen atoms in total. The van der Waals surface area contributed by atoms with Crippen LogP contribution in [0.1, 0.15) is 18.1 Å². The summed E-state index contributed by atoms with van der Waals surface area (Å²) in [4.78, 5) is 27.0. The van der Waals surface area contributed by atoms with Gasteiger partial charge in [-0.25, -0.2) is 0 Å². The minimum Gasteiger partial charge on any atom is -0.504 e. The number of aromatic hydroxyl groups is 1. The lowest BCUT2D eigenvalue weighted by atomic mass is 10.0. The Morgan fingerprint density at radius 2 is 2.03 bits per heavy atom. The predicted molar refractivity (Wildman–Crippen MR) is 122 cm³/mol. The summed E-state index contributed by atoms with van der Waals surface area (Å²) < 4.78 is 10.7. The number of anilines is 1. The highest BCUT2D eigenvalue weighted by atomic mass is 32.1. The normalized spacial score (nSPS) is 15.1. The Morgan fingerprint density at radius 1 is 1.26 bits per heavy atom. The van der Waals surface area contributed by atoms with E-state index in [0.717, 1.165) is 0 Å². The number of ether oxygens (including phenoxy) is 2. The summed E-state index contributed by atoms with van der Waals surface area (Å²) >= 11 is 5.24. The second-order valence-electron chi connectivity index (χ2n) is 6.61. The average molecular weight is 439 g/mol. The number of hydrogen-bond donors (Lipinski definition) is 2. The van der Waals surface area contributed by atoms with Crippen LogP contribution in [0.5, 0.6) is 17.2 Å². The minimum absolute atomic E-state index is 0.0143. The molecule has 0 saturated carbocycles. The van der Waals surface area contributed by atoms with E-state index in [4.69, 9.17) is 21.7 Å². The number of hydrogen-bond acceptors (Lipinski definition) is 6. The molecule has 2 N–H and O–H groups in total. The van der Waals surface area contributed by atoms with Gasteiger partial charge >= 0.3 is 0 Å². The molecule has 3 rings (SSSR count). The van der Waals surface area contributed by atoms with Crippen molar-refractivity contribution in [1.82, 2.24) is 5.32 Å². The van der Waals surface area contributed by atoms with Crippen molar-refractivity contribution in [3.8, 4) is 17.2 Å². The molecule has 0 bridgehead atoms. The van der Waals surface area contributed by atoms with Crippen LogP contribution in [-0.4, -0.2) is 35.8 Å². The number of nitrogens with zero attached hydrogens (tertiary/aromatic N) is 1. The number of carbonyl (C=O) groups is 2. The number of nitrogens with one attached hydrogen (secondary N) is 1. The van der Waals surface area contributed by atoms with E-state index in [1.165, 1.54) is 18.1 Å². The van der Waals surface area contributed by atoms with Crippen molar-refractivity contribution in [3.05, 3.63) is 65.8 Å². The quantitative estimate of drug-likeness (QED) is 0.298. The van der Waals surface area contributed by atoms with Crippen molar-refractivity contribution in [1.29, 1.82) is 0 Å². The summed E-state index contributed by atoms with van der Waals surface area (Å²) in [6.45, 7) is 6.01. The van der Waals surface area contributed by atoms with E-state index in [-0.39, 0.29) is 22.2 Å². The highest BCUT2D eigenvalue weighted by Gasteiger charge is 2.34. The summed E-state index contributed by atoms with van der Waals surface area (Å²) in [7, 11) is 1.42. The van der Waals surface area contributed by atoms with Gasteiger partial charge in [-0.3, -0.25) is 19.8 Å². The maximum Gasteiger partial charge on any atom is 0.270 e. The van der Waals surface area contributed by atoms with E-state index in [2.05, 4.69) is 11.9 Å². The Balaban J connectivity index is 2.04. The Hall–Kier alpha value is -3.65. The summed E-state index contributed by atoms with van der Waals surface area (Å²) in [6, 6.07) is 10.1. The molecule has 2 aromatic carbocycles. The maximum absolute atomic E-state index is 13.2. The minimum atomic E-state index is -0.607. The first-order valence-corrected chi connectivity index (χ1v) is 9.95. The van der Waals surface area contributed by atoms with E-state index in [1.807, 2.05) is 6.92 Å². The SMILES string of the molecule is C=CCc1cc(/C=C2/C(=O)NC(=S)N(c3cccc(OCC)c3)C2=O)cc(OC)c1O. The Bertz CT molecular complexity index is 1090. The Labute approximate surface area is 185 Å². The second-order valence-corrected chi connectivity index (χ2v) is 7.00. The number of amides is 2. The highest BCUT2D eigenvalue weighted by Crippen LogP contribution is 2.33. The lowest BCUT2D eigenvalue weighted by Crippen LogP contribution is -2.54. The number of allylic oxidation sites excluding steroid dienone is 1. The second kappa shape index (κ2) is 9.44. The van der Waals surface area contributed by atoms with E-state index in [0.29, 0.717) is 35.6 Å². The fourth-order valence-electron chi connectivity index (χ4n) is 3.18. The molecule has 8 heteroatoms. The van der Waals surface area contributed by atoms with E-state index < -0.39 is 11.8 Å². The predicted octanol–water partition coefficient (Wildman–Crippen LogP) is 3.36. The fraction of sp³-hybridized carbons (Fsp3) is 0.174. The van der Waals surface area contributed by atoms with Crippen molar-refractivity contribution in [3.63, 3.8) is 0 Å². The molecule has 0 atom stereocenters.